The summed E-state index contributed by atoms with van der Waals surface area (Å²) < 4.78 is 7.15. The van der Waals surface area contributed by atoms with Crippen molar-refractivity contribution < 1.29 is 4.74 Å². The van der Waals surface area contributed by atoms with Crippen LogP contribution in [0, 0.1) is 13.8 Å². The Morgan fingerprint density at radius 3 is 2.42 bits per heavy atom. The predicted molar refractivity (Wildman–Crippen MR) is 96.9 cm³/mol. The Bertz CT molecular complexity index is 940. The Morgan fingerprint density at radius 1 is 1.08 bits per heavy atom. The number of aromatic nitrogens is 2. The number of hydrogen-bond acceptors (Lipinski definition) is 3. The molecular weight excluding hydrogens is 300 g/mol. The van der Waals surface area contributed by atoms with Gasteiger partial charge in [0.1, 0.15) is 11.4 Å². The summed E-state index contributed by atoms with van der Waals surface area (Å²) in [5.41, 5.74) is 5.65. The van der Waals surface area contributed by atoms with Crippen molar-refractivity contribution in [3.8, 4) is 5.75 Å². The number of rotatable bonds is 4. The van der Waals surface area contributed by atoms with Crippen LogP contribution in [0.25, 0.3) is 11.0 Å². The molecule has 0 unspecified atom stereocenters. The minimum absolute atomic E-state index is 0.0420. The Hall–Kier alpha value is -2.62. The van der Waals surface area contributed by atoms with Crippen LogP contribution < -0.4 is 10.3 Å². The third-order valence-electron chi connectivity index (χ3n) is 4.37. The lowest BCUT2D eigenvalue weighted by Crippen LogP contribution is -2.23. The highest BCUT2D eigenvalue weighted by Gasteiger charge is 2.10. The molecule has 0 saturated carbocycles. The first-order valence-electron chi connectivity index (χ1n) is 8.18. The molecule has 0 bridgehead atoms. The molecule has 2 aromatic carbocycles. The van der Waals surface area contributed by atoms with Gasteiger partial charge in [0.25, 0.3) is 5.56 Å². The van der Waals surface area contributed by atoms with Crippen LogP contribution in [-0.2, 0) is 13.5 Å². The summed E-state index contributed by atoms with van der Waals surface area (Å²) in [5.74, 6) is 0.840. The maximum absolute atomic E-state index is 12.6. The molecule has 0 saturated heterocycles. The van der Waals surface area contributed by atoms with E-state index >= 15 is 0 Å². The number of ether oxygens (including phenoxy) is 1. The van der Waals surface area contributed by atoms with Gasteiger partial charge in [-0.3, -0.25) is 4.79 Å². The molecule has 3 aromatic rings. The molecule has 0 aliphatic carbocycles. The monoisotopic (exact) mass is 322 g/mol. The van der Waals surface area contributed by atoms with Crippen LogP contribution >= 0.6 is 0 Å². The SMILES string of the molecule is CCOc1ccc(Cc2nc3cc(C)c(C)cc3n(C)c2=O)cc1. The largest absolute Gasteiger partial charge is 0.494 e. The van der Waals surface area contributed by atoms with Gasteiger partial charge in [-0.15, -0.1) is 0 Å². The first-order chi connectivity index (χ1) is 11.5. The minimum atomic E-state index is -0.0420. The van der Waals surface area contributed by atoms with E-state index in [0.29, 0.717) is 18.7 Å². The van der Waals surface area contributed by atoms with Gasteiger partial charge in [0, 0.05) is 13.5 Å². The summed E-state index contributed by atoms with van der Waals surface area (Å²) in [4.78, 5) is 17.3. The highest BCUT2D eigenvalue weighted by atomic mass is 16.5. The van der Waals surface area contributed by atoms with Gasteiger partial charge in [-0.2, -0.15) is 0 Å². The molecule has 4 nitrogen and oxygen atoms in total. The molecular formula is C20H22N2O2. The van der Waals surface area contributed by atoms with E-state index in [1.54, 1.807) is 4.57 Å². The zero-order chi connectivity index (χ0) is 17.3. The highest BCUT2D eigenvalue weighted by Crippen LogP contribution is 2.18. The van der Waals surface area contributed by atoms with Crippen molar-refractivity contribution in [3.63, 3.8) is 0 Å². The molecule has 0 fully saturated rings. The van der Waals surface area contributed by atoms with Crippen molar-refractivity contribution >= 4 is 11.0 Å². The quantitative estimate of drug-likeness (QED) is 0.738. The number of aryl methyl sites for hydroxylation is 3. The maximum Gasteiger partial charge on any atom is 0.272 e. The minimum Gasteiger partial charge on any atom is -0.494 e. The maximum atomic E-state index is 12.6. The van der Waals surface area contributed by atoms with Crippen molar-refractivity contribution in [1.29, 1.82) is 0 Å². The molecule has 4 heteroatoms. The van der Waals surface area contributed by atoms with E-state index in [0.717, 1.165) is 22.3 Å². The Kier molecular flexibility index (Phi) is 4.38. The van der Waals surface area contributed by atoms with E-state index in [1.165, 1.54) is 11.1 Å². The molecule has 0 aliphatic rings. The molecule has 24 heavy (non-hydrogen) atoms. The van der Waals surface area contributed by atoms with Crippen molar-refractivity contribution in [3.05, 3.63) is 69.1 Å². The van der Waals surface area contributed by atoms with Crippen LogP contribution in [0.3, 0.4) is 0 Å². The second-order valence-electron chi connectivity index (χ2n) is 6.10. The van der Waals surface area contributed by atoms with E-state index in [-0.39, 0.29) is 5.56 Å². The number of fused-ring (bicyclic) bond motifs is 1. The van der Waals surface area contributed by atoms with Crippen LogP contribution in [0.15, 0.2) is 41.2 Å². The molecule has 0 aliphatic heterocycles. The summed E-state index contributed by atoms with van der Waals surface area (Å²) in [5, 5.41) is 0. The average molecular weight is 322 g/mol. The lowest BCUT2D eigenvalue weighted by molar-refractivity contribution is 0.340. The summed E-state index contributed by atoms with van der Waals surface area (Å²) in [6.45, 7) is 6.71. The Labute approximate surface area is 141 Å². The van der Waals surface area contributed by atoms with Crippen LogP contribution in [0.2, 0.25) is 0 Å². The standard InChI is InChI=1S/C20H22N2O2/c1-5-24-16-8-6-15(7-9-16)12-18-20(23)22(4)19-11-14(3)13(2)10-17(19)21-18/h6-11H,5,12H2,1-4H3. The van der Waals surface area contributed by atoms with Gasteiger partial charge in [0.2, 0.25) is 0 Å². The van der Waals surface area contributed by atoms with Gasteiger partial charge < -0.3 is 9.30 Å². The van der Waals surface area contributed by atoms with Gasteiger partial charge in [-0.1, -0.05) is 12.1 Å². The van der Waals surface area contributed by atoms with Crippen molar-refractivity contribution in [2.45, 2.75) is 27.2 Å². The van der Waals surface area contributed by atoms with E-state index in [4.69, 9.17) is 4.74 Å². The molecule has 0 N–H and O–H groups in total. The Morgan fingerprint density at radius 2 is 1.75 bits per heavy atom. The number of benzene rings is 2. The van der Waals surface area contributed by atoms with Crippen molar-refractivity contribution in [2.75, 3.05) is 6.61 Å². The van der Waals surface area contributed by atoms with Crippen molar-refractivity contribution in [1.82, 2.24) is 9.55 Å². The molecule has 1 aromatic heterocycles. The molecule has 0 spiro atoms. The summed E-state index contributed by atoms with van der Waals surface area (Å²) in [7, 11) is 1.81. The predicted octanol–water partition coefficient (Wildman–Crippen LogP) is 3.54. The fourth-order valence-corrected chi connectivity index (χ4v) is 2.82. The Balaban J connectivity index is 2.01. The average Bonchev–Trinajstić information content (AvgIpc) is 2.57. The molecule has 3 rings (SSSR count). The fourth-order valence-electron chi connectivity index (χ4n) is 2.82. The normalized spacial score (nSPS) is 11.0. The third kappa shape index (κ3) is 3.04. The van der Waals surface area contributed by atoms with Gasteiger partial charge >= 0.3 is 0 Å². The van der Waals surface area contributed by atoms with Gasteiger partial charge in [-0.25, -0.2) is 4.98 Å². The summed E-state index contributed by atoms with van der Waals surface area (Å²) in [6, 6.07) is 11.9. The topological polar surface area (TPSA) is 44.1 Å². The van der Waals surface area contributed by atoms with E-state index < -0.39 is 0 Å². The second-order valence-corrected chi connectivity index (χ2v) is 6.10. The van der Waals surface area contributed by atoms with Crippen molar-refractivity contribution in [2.24, 2.45) is 7.05 Å². The molecule has 0 radical (unpaired) electrons. The van der Waals surface area contributed by atoms with Crippen LogP contribution in [0.4, 0.5) is 0 Å². The number of nitrogens with zero attached hydrogens (tertiary/aromatic N) is 2. The fraction of sp³-hybridized carbons (Fsp3) is 0.300. The summed E-state index contributed by atoms with van der Waals surface area (Å²) >= 11 is 0. The summed E-state index contributed by atoms with van der Waals surface area (Å²) in [6.07, 6.45) is 0.516. The highest BCUT2D eigenvalue weighted by molar-refractivity contribution is 5.76. The van der Waals surface area contributed by atoms with Gasteiger partial charge in [-0.05, 0) is 61.7 Å². The smallest absolute Gasteiger partial charge is 0.272 e. The van der Waals surface area contributed by atoms with E-state index in [1.807, 2.05) is 57.3 Å². The lowest BCUT2D eigenvalue weighted by atomic mass is 10.1. The van der Waals surface area contributed by atoms with Crippen LogP contribution in [0.1, 0.15) is 29.3 Å². The first-order valence-corrected chi connectivity index (χ1v) is 8.18. The van der Waals surface area contributed by atoms with Crippen LogP contribution in [0.5, 0.6) is 5.75 Å². The first kappa shape index (κ1) is 16.2. The van der Waals surface area contributed by atoms with Gasteiger partial charge in [0.05, 0.1) is 17.6 Å². The third-order valence-corrected chi connectivity index (χ3v) is 4.37. The lowest BCUT2D eigenvalue weighted by Gasteiger charge is -2.11. The molecule has 1 heterocycles. The zero-order valence-corrected chi connectivity index (χ0v) is 14.6. The molecule has 124 valence electrons. The molecule has 0 atom stereocenters. The van der Waals surface area contributed by atoms with E-state index in [2.05, 4.69) is 11.9 Å². The zero-order valence-electron chi connectivity index (χ0n) is 14.6. The van der Waals surface area contributed by atoms with Crippen LogP contribution in [-0.4, -0.2) is 16.2 Å². The second kappa shape index (κ2) is 6.48. The van der Waals surface area contributed by atoms with E-state index in [9.17, 15) is 4.79 Å². The van der Waals surface area contributed by atoms with Gasteiger partial charge in [0.15, 0.2) is 0 Å². The number of hydrogen-bond donors (Lipinski definition) is 0. The molecule has 0 amide bonds.